The molecule has 1 N–H and O–H groups in total. The van der Waals surface area contributed by atoms with E-state index in [1.54, 1.807) is 0 Å². The SMILES string of the molecule is Clc1ccc(Br)c(Cc2n[nH]c3c2CCCC3)c1. The Labute approximate surface area is 120 Å². The van der Waals surface area contributed by atoms with E-state index in [9.17, 15) is 0 Å². The van der Waals surface area contributed by atoms with Crippen LogP contribution in [0, 0.1) is 0 Å². The van der Waals surface area contributed by atoms with Crippen LogP contribution in [-0.2, 0) is 19.3 Å². The zero-order chi connectivity index (χ0) is 12.5. The minimum absolute atomic E-state index is 0.776. The fourth-order valence-electron chi connectivity index (χ4n) is 2.56. The van der Waals surface area contributed by atoms with E-state index < -0.39 is 0 Å². The lowest BCUT2D eigenvalue weighted by Gasteiger charge is -2.11. The van der Waals surface area contributed by atoms with E-state index in [4.69, 9.17) is 11.6 Å². The van der Waals surface area contributed by atoms with E-state index in [1.807, 2.05) is 18.2 Å². The standard InChI is InChI=1S/C14H14BrClN2/c15-12-6-5-10(16)7-9(12)8-14-11-3-1-2-4-13(11)17-18-14/h5-7H,1-4,8H2,(H,17,18). The molecule has 0 amide bonds. The predicted molar refractivity (Wildman–Crippen MR) is 77.2 cm³/mol. The van der Waals surface area contributed by atoms with Crippen molar-refractivity contribution in [2.45, 2.75) is 32.1 Å². The van der Waals surface area contributed by atoms with Crippen LogP contribution >= 0.6 is 27.5 Å². The molecule has 0 bridgehead atoms. The molecule has 1 aliphatic rings. The second kappa shape index (κ2) is 5.06. The molecule has 1 aromatic heterocycles. The van der Waals surface area contributed by atoms with Crippen molar-refractivity contribution in [3.63, 3.8) is 0 Å². The molecule has 1 aromatic carbocycles. The lowest BCUT2D eigenvalue weighted by atomic mass is 9.94. The highest BCUT2D eigenvalue weighted by molar-refractivity contribution is 9.10. The van der Waals surface area contributed by atoms with Crippen LogP contribution in [0.1, 0.15) is 35.4 Å². The fourth-order valence-corrected chi connectivity index (χ4v) is 3.14. The molecule has 3 rings (SSSR count). The Bertz CT molecular complexity index is 577. The van der Waals surface area contributed by atoms with Crippen molar-refractivity contribution in [3.05, 3.63) is 50.2 Å². The van der Waals surface area contributed by atoms with Crippen LogP contribution in [0.5, 0.6) is 0 Å². The summed E-state index contributed by atoms with van der Waals surface area (Å²) < 4.78 is 1.10. The van der Waals surface area contributed by atoms with Gasteiger partial charge in [0.25, 0.3) is 0 Å². The number of H-pyrrole nitrogens is 1. The highest BCUT2D eigenvalue weighted by Crippen LogP contribution is 2.27. The number of rotatable bonds is 2. The molecule has 0 aliphatic heterocycles. The number of fused-ring (bicyclic) bond motifs is 1. The summed E-state index contributed by atoms with van der Waals surface area (Å²) in [6.45, 7) is 0. The summed E-state index contributed by atoms with van der Waals surface area (Å²) >= 11 is 9.63. The molecule has 2 aromatic rings. The van der Waals surface area contributed by atoms with Crippen LogP contribution in [0.4, 0.5) is 0 Å². The summed E-state index contributed by atoms with van der Waals surface area (Å²) in [4.78, 5) is 0. The number of halogens is 2. The Balaban J connectivity index is 1.92. The third kappa shape index (κ3) is 2.34. The van der Waals surface area contributed by atoms with Gasteiger partial charge in [-0.25, -0.2) is 0 Å². The average Bonchev–Trinajstić information content (AvgIpc) is 2.78. The van der Waals surface area contributed by atoms with Crippen molar-refractivity contribution >= 4 is 27.5 Å². The second-order valence-electron chi connectivity index (χ2n) is 4.75. The van der Waals surface area contributed by atoms with Crippen molar-refractivity contribution in [2.75, 3.05) is 0 Å². The summed E-state index contributed by atoms with van der Waals surface area (Å²) in [5.74, 6) is 0. The Morgan fingerprint density at radius 2 is 2.11 bits per heavy atom. The fraction of sp³-hybridized carbons (Fsp3) is 0.357. The lowest BCUT2D eigenvalue weighted by molar-refractivity contribution is 0.673. The van der Waals surface area contributed by atoms with Gasteiger partial charge in [-0.2, -0.15) is 5.10 Å². The first kappa shape index (κ1) is 12.2. The number of benzene rings is 1. The summed E-state index contributed by atoms with van der Waals surface area (Å²) in [6, 6.07) is 5.90. The van der Waals surface area contributed by atoms with Gasteiger partial charge in [-0.1, -0.05) is 27.5 Å². The topological polar surface area (TPSA) is 28.7 Å². The molecule has 1 aliphatic carbocycles. The van der Waals surface area contributed by atoms with Crippen LogP contribution in [0.3, 0.4) is 0 Å². The number of aryl methyl sites for hydroxylation is 1. The van der Waals surface area contributed by atoms with E-state index in [0.29, 0.717) is 0 Å². The monoisotopic (exact) mass is 324 g/mol. The molecule has 2 nitrogen and oxygen atoms in total. The van der Waals surface area contributed by atoms with Gasteiger partial charge in [0.15, 0.2) is 0 Å². The average molecular weight is 326 g/mol. The molecular weight excluding hydrogens is 312 g/mol. The largest absolute Gasteiger partial charge is 0.282 e. The molecule has 1 heterocycles. The Morgan fingerprint density at radius 1 is 1.28 bits per heavy atom. The summed E-state index contributed by atoms with van der Waals surface area (Å²) in [5, 5.41) is 8.43. The number of aromatic amines is 1. The highest BCUT2D eigenvalue weighted by Gasteiger charge is 2.17. The molecule has 0 radical (unpaired) electrons. The van der Waals surface area contributed by atoms with E-state index in [2.05, 4.69) is 26.1 Å². The molecule has 0 unspecified atom stereocenters. The second-order valence-corrected chi connectivity index (χ2v) is 6.04. The molecule has 0 atom stereocenters. The summed E-state index contributed by atoms with van der Waals surface area (Å²) in [5.41, 5.74) is 5.12. The van der Waals surface area contributed by atoms with Crippen LogP contribution in [-0.4, -0.2) is 10.2 Å². The van der Waals surface area contributed by atoms with Crippen molar-refractivity contribution in [2.24, 2.45) is 0 Å². The van der Waals surface area contributed by atoms with Gasteiger partial charge >= 0.3 is 0 Å². The first-order valence-electron chi connectivity index (χ1n) is 6.23. The molecule has 0 saturated carbocycles. The molecule has 18 heavy (non-hydrogen) atoms. The quantitative estimate of drug-likeness (QED) is 0.876. The zero-order valence-electron chi connectivity index (χ0n) is 9.97. The Kier molecular flexibility index (Phi) is 3.44. The maximum Gasteiger partial charge on any atom is 0.0701 e. The number of hydrogen-bond acceptors (Lipinski definition) is 1. The Hall–Kier alpha value is -0.800. The van der Waals surface area contributed by atoms with Crippen LogP contribution in [0.2, 0.25) is 5.02 Å². The van der Waals surface area contributed by atoms with Crippen molar-refractivity contribution < 1.29 is 0 Å². The maximum atomic E-state index is 6.05. The smallest absolute Gasteiger partial charge is 0.0701 e. The van der Waals surface area contributed by atoms with Crippen LogP contribution in [0.25, 0.3) is 0 Å². The molecule has 0 fully saturated rings. The van der Waals surface area contributed by atoms with E-state index >= 15 is 0 Å². The summed E-state index contributed by atoms with van der Waals surface area (Å²) in [6.07, 6.45) is 5.68. The number of aromatic nitrogens is 2. The summed E-state index contributed by atoms with van der Waals surface area (Å²) in [7, 11) is 0. The van der Waals surface area contributed by atoms with Gasteiger partial charge in [0.05, 0.1) is 5.69 Å². The molecule has 0 saturated heterocycles. The first-order chi connectivity index (χ1) is 8.74. The molecule has 0 spiro atoms. The van der Waals surface area contributed by atoms with Crippen molar-refractivity contribution in [3.8, 4) is 0 Å². The van der Waals surface area contributed by atoms with Gasteiger partial charge in [0.2, 0.25) is 0 Å². The van der Waals surface area contributed by atoms with Gasteiger partial charge < -0.3 is 0 Å². The van der Waals surface area contributed by atoms with Crippen LogP contribution < -0.4 is 0 Å². The Morgan fingerprint density at radius 3 is 3.00 bits per heavy atom. The lowest BCUT2D eigenvalue weighted by Crippen LogP contribution is -2.03. The number of hydrogen-bond donors (Lipinski definition) is 1. The maximum absolute atomic E-state index is 6.05. The zero-order valence-corrected chi connectivity index (χ0v) is 12.3. The van der Waals surface area contributed by atoms with Gasteiger partial charge in [-0.15, -0.1) is 0 Å². The van der Waals surface area contributed by atoms with Crippen molar-refractivity contribution in [1.29, 1.82) is 0 Å². The first-order valence-corrected chi connectivity index (χ1v) is 7.40. The minimum Gasteiger partial charge on any atom is -0.282 e. The van der Waals surface area contributed by atoms with Crippen LogP contribution in [0.15, 0.2) is 22.7 Å². The van der Waals surface area contributed by atoms with E-state index in [0.717, 1.165) is 28.8 Å². The predicted octanol–water partition coefficient (Wildman–Crippen LogP) is 4.30. The highest BCUT2D eigenvalue weighted by atomic mass is 79.9. The number of nitrogens with zero attached hydrogens (tertiary/aromatic N) is 1. The van der Waals surface area contributed by atoms with Gasteiger partial charge in [0.1, 0.15) is 0 Å². The van der Waals surface area contributed by atoms with Gasteiger partial charge in [-0.3, -0.25) is 5.10 Å². The molecule has 4 heteroatoms. The molecule has 94 valence electrons. The van der Waals surface area contributed by atoms with Crippen molar-refractivity contribution in [1.82, 2.24) is 10.2 Å². The van der Waals surface area contributed by atoms with Gasteiger partial charge in [-0.05, 0) is 55.0 Å². The third-order valence-corrected chi connectivity index (χ3v) is 4.52. The van der Waals surface area contributed by atoms with Gasteiger partial charge in [0, 0.05) is 21.6 Å². The third-order valence-electron chi connectivity index (χ3n) is 3.51. The minimum atomic E-state index is 0.776. The number of nitrogens with one attached hydrogen (secondary N) is 1. The normalized spacial score (nSPS) is 14.6. The van der Waals surface area contributed by atoms with E-state index in [1.165, 1.54) is 35.4 Å². The van der Waals surface area contributed by atoms with E-state index in [-0.39, 0.29) is 0 Å². The molecular formula is C14H14BrClN2.